The molecule has 1 rings (SSSR count). The lowest BCUT2D eigenvalue weighted by atomic mass is 10.1. The van der Waals surface area contributed by atoms with Crippen LogP contribution in [0.15, 0.2) is 17.0 Å². The molecular formula is C11H18N2O2S. The predicted molar refractivity (Wildman–Crippen MR) is 65.8 cm³/mol. The van der Waals surface area contributed by atoms with Crippen LogP contribution in [0, 0.1) is 13.8 Å². The highest BCUT2D eigenvalue weighted by molar-refractivity contribution is 7.89. The van der Waals surface area contributed by atoms with Gasteiger partial charge in [0.1, 0.15) is 4.90 Å². The summed E-state index contributed by atoms with van der Waals surface area (Å²) >= 11 is 0. The number of nitrogens with one attached hydrogen (secondary N) is 1. The third-order valence-corrected chi connectivity index (χ3v) is 4.18. The van der Waals surface area contributed by atoms with Crippen molar-refractivity contribution in [3.05, 3.63) is 23.3 Å². The minimum atomic E-state index is -3.48. The van der Waals surface area contributed by atoms with Crippen LogP contribution >= 0.6 is 0 Å². The standard InChI is InChI=1S/C11H18N2O2S/c1-4-7-13-16(14,15)11-9(3)8(2)5-6-10(11)12/h5-6,13H,4,7,12H2,1-3H3. The van der Waals surface area contributed by atoms with Gasteiger partial charge in [0, 0.05) is 6.54 Å². The van der Waals surface area contributed by atoms with E-state index in [9.17, 15) is 8.42 Å². The fourth-order valence-electron chi connectivity index (χ4n) is 1.48. The van der Waals surface area contributed by atoms with Crippen LogP contribution in [0.4, 0.5) is 5.69 Å². The zero-order valence-corrected chi connectivity index (χ0v) is 10.7. The summed E-state index contributed by atoms with van der Waals surface area (Å²) in [4.78, 5) is 0.209. The molecule has 16 heavy (non-hydrogen) atoms. The molecule has 0 aliphatic rings. The number of benzene rings is 1. The molecule has 0 aromatic heterocycles. The van der Waals surface area contributed by atoms with E-state index in [0.717, 1.165) is 12.0 Å². The first-order valence-corrected chi connectivity index (χ1v) is 6.73. The third-order valence-electron chi connectivity index (χ3n) is 2.52. The molecule has 90 valence electrons. The van der Waals surface area contributed by atoms with Gasteiger partial charge in [0.25, 0.3) is 0 Å². The number of sulfonamides is 1. The van der Waals surface area contributed by atoms with Crippen LogP contribution in [0.1, 0.15) is 24.5 Å². The summed E-state index contributed by atoms with van der Waals surface area (Å²) < 4.78 is 26.5. The second-order valence-corrected chi connectivity index (χ2v) is 5.53. The molecule has 1 aromatic rings. The molecule has 0 spiro atoms. The monoisotopic (exact) mass is 242 g/mol. The fraction of sp³-hybridized carbons (Fsp3) is 0.455. The van der Waals surface area contributed by atoms with Gasteiger partial charge in [-0.3, -0.25) is 0 Å². The van der Waals surface area contributed by atoms with E-state index in [2.05, 4.69) is 4.72 Å². The van der Waals surface area contributed by atoms with Crippen molar-refractivity contribution in [2.45, 2.75) is 32.1 Å². The number of hydrogen-bond acceptors (Lipinski definition) is 3. The Hall–Kier alpha value is -1.07. The Kier molecular flexibility index (Phi) is 3.93. The van der Waals surface area contributed by atoms with Gasteiger partial charge >= 0.3 is 0 Å². The molecule has 0 aliphatic carbocycles. The quantitative estimate of drug-likeness (QED) is 0.787. The Morgan fingerprint density at radius 1 is 1.31 bits per heavy atom. The van der Waals surface area contributed by atoms with E-state index in [1.165, 1.54) is 0 Å². The molecule has 0 radical (unpaired) electrons. The summed E-state index contributed by atoms with van der Waals surface area (Å²) in [6.07, 6.45) is 0.754. The Morgan fingerprint density at radius 3 is 2.50 bits per heavy atom. The van der Waals surface area contributed by atoms with Gasteiger partial charge in [-0.15, -0.1) is 0 Å². The lowest BCUT2D eigenvalue weighted by molar-refractivity contribution is 0.580. The zero-order valence-electron chi connectivity index (χ0n) is 9.87. The highest BCUT2D eigenvalue weighted by atomic mass is 32.2. The van der Waals surface area contributed by atoms with Crippen molar-refractivity contribution in [2.24, 2.45) is 0 Å². The fourth-order valence-corrected chi connectivity index (χ4v) is 3.04. The number of rotatable bonds is 4. The summed E-state index contributed by atoms with van der Waals surface area (Å²) in [5.41, 5.74) is 7.66. The zero-order chi connectivity index (χ0) is 12.3. The molecule has 0 aliphatic heterocycles. The van der Waals surface area contributed by atoms with Crippen LogP contribution in [0.25, 0.3) is 0 Å². The van der Waals surface area contributed by atoms with Crippen molar-refractivity contribution >= 4 is 15.7 Å². The predicted octanol–water partition coefficient (Wildman–Crippen LogP) is 1.57. The summed E-state index contributed by atoms with van der Waals surface area (Å²) in [6, 6.07) is 3.45. The van der Waals surface area contributed by atoms with Crippen LogP contribution in [-0.4, -0.2) is 15.0 Å². The average Bonchev–Trinajstić information content (AvgIpc) is 2.21. The first-order chi connectivity index (χ1) is 7.40. The first-order valence-electron chi connectivity index (χ1n) is 5.25. The minimum Gasteiger partial charge on any atom is -0.398 e. The Labute approximate surface area is 96.9 Å². The Morgan fingerprint density at radius 2 is 1.94 bits per heavy atom. The van der Waals surface area contributed by atoms with Crippen molar-refractivity contribution in [3.8, 4) is 0 Å². The van der Waals surface area contributed by atoms with Crippen LogP contribution in [-0.2, 0) is 10.0 Å². The largest absolute Gasteiger partial charge is 0.398 e. The normalized spacial score (nSPS) is 11.7. The lowest BCUT2D eigenvalue weighted by Crippen LogP contribution is -2.26. The highest BCUT2D eigenvalue weighted by Gasteiger charge is 2.20. The molecule has 0 saturated heterocycles. The van der Waals surface area contributed by atoms with E-state index in [1.54, 1.807) is 13.0 Å². The number of anilines is 1. The van der Waals surface area contributed by atoms with E-state index in [-0.39, 0.29) is 4.90 Å². The highest BCUT2D eigenvalue weighted by Crippen LogP contribution is 2.24. The van der Waals surface area contributed by atoms with Gasteiger partial charge in [0.15, 0.2) is 0 Å². The second-order valence-electron chi connectivity index (χ2n) is 3.82. The SMILES string of the molecule is CCCNS(=O)(=O)c1c(N)ccc(C)c1C. The summed E-state index contributed by atoms with van der Waals surface area (Å²) in [6.45, 7) is 5.98. The van der Waals surface area contributed by atoms with Gasteiger partial charge in [0.2, 0.25) is 10.0 Å². The van der Waals surface area contributed by atoms with Crippen molar-refractivity contribution in [3.63, 3.8) is 0 Å². The molecule has 1 aromatic carbocycles. The van der Waals surface area contributed by atoms with Gasteiger partial charge in [-0.1, -0.05) is 13.0 Å². The van der Waals surface area contributed by atoms with E-state index >= 15 is 0 Å². The lowest BCUT2D eigenvalue weighted by Gasteiger charge is -2.13. The molecule has 5 heteroatoms. The maximum atomic E-state index is 12.0. The van der Waals surface area contributed by atoms with E-state index < -0.39 is 10.0 Å². The minimum absolute atomic E-state index is 0.209. The van der Waals surface area contributed by atoms with Gasteiger partial charge in [-0.05, 0) is 37.5 Å². The number of nitrogens with two attached hydrogens (primary N) is 1. The van der Waals surface area contributed by atoms with Gasteiger partial charge in [-0.25, -0.2) is 13.1 Å². The van der Waals surface area contributed by atoms with Crippen molar-refractivity contribution in [1.29, 1.82) is 0 Å². The molecule has 0 bridgehead atoms. The maximum absolute atomic E-state index is 12.0. The molecule has 3 N–H and O–H groups in total. The second kappa shape index (κ2) is 4.84. The molecule has 0 atom stereocenters. The van der Waals surface area contributed by atoms with Crippen molar-refractivity contribution in [1.82, 2.24) is 4.72 Å². The van der Waals surface area contributed by atoms with Gasteiger partial charge in [0.05, 0.1) is 5.69 Å². The molecule has 0 fully saturated rings. The number of nitrogen functional groups attached to an aromatic ring is 1. The molecule has 4 nitrogen and oxygen atoms in total. The molecular weight excluding hydrogens is 224 g/mol. The number of hydrogen-bond donors (Lipinski definition) is 2. The molecule has 0 amide bonds. The number of aryl methyl sites for hydroxylation is 1. The summed E-state index contributed by atoms with van der Waals surface area (Å²) in [5.74, 6) is 0. The topological polar surface area (TPSA) is 72.2 Å². The Balaban J connectivity index is 3.27. The van der Waals surface area contributed by atoms with Crippen molar-refractivity contribution in [2.75, 3.05) is 12.3 Å². The van der Waals surface area contributed by atoms with Crippen molar-refractivity contribution < 1.29 is 8.42 Å². The molecule has 0 heterocycles. The van der Waals surface area contributed by atoms with Gasteiger partial charge < -0.3 is 5.73 Å². The van der Waals surface area contributed by atoms with E-state index in [4.69, 9.17) is 5.73 Å². The van der Waals surface area contributed by atoms with E-state index in [1.807, 2.05) is 19.9 Å². The maximum Gasteiger partial charge on any atom is 0.242 e. The third kappa shape index (κ3) is 2.54. The Bertz CT molecular complexity index is 481. The van der Waals surface area contributed by atoms with Crippen LogP contribution in [0.5, 0.6) is 0 Å². The van der Waals surface area contributed by atoms with Gasteiger partial charge in [-0.2, -0.15) is 0 Å². The van der Waals surface area contributed by atoms with Crippen LogP contribution in [0.3, 0.4) is 0 Å². The van der Waals surface area contributed by atoms with E-state index in [0.29, 0.717) is 17.8 Å². The summed E-state index contributed by atoms with van der Waals surface area (Å²) in [7, 11) is -3.48. The first kappa shape index (κ1) is 13.0. The summed E-state index contributed by atoms with van der Waals surface area (Å²) in [5, 5.41) is 0. The van der Waals surface area contributed by atoms with Crippen LogP contribution in [0.2, 0.25) is 0 Å². The van der Waals surface area contributed by atoms with Crippen LogP contribution < -0.4 is 10.5 Å². The average molecular weight is 242 g/mol. The molecule has 0 unspecified atom stereocenters. The smallest absolute Gasteiger partial charge is 0.242 e. The molecule has 0 saturated carbocycles.